The van der Waals surface area contributed by atoms with Crippen LogP contribution in [0.3, 0.4) is 0 Å². The van der Waals surface area contributed by atoms with E-state index >= 15 is 0 Å². The monoisotopic (exact) mass is 212 g/mol. The first-order chi connectivity index (χ1) is 6.90. The van der Waals surface area contributed by atoms with Crippen LogP contribution in [-0.4, -0.2) is 17.6 Å². The Morgan fingerprint density at radius 1 is 1.57 bits per heavy atom. The van der Waals surface area contributed by atoms with E-state index in [0.717, 1.165) is 18.7 Å². The quantitative estimate of drug-likeness (QED) is 0.827. The minimum Gasteiger partial charge on any atom is -0.372 e. The number of rotatable bonds is 4. The summed E-state index contributed by atoms with van der Waals surface area (Å²) < 4.78 is 5.82. The van der Waals surface area contributed by atoms with Crippen molar-refractivity contribution in [2.24, 2.45) is 11.7 Å². The maximum atomic E-state index is 5.82. The summed E-state index contributed by atoms with van der Waals surface area (Å²) in [6.45, 7) is 1.40. The fourth-order valence-corrected chi connectivity index (χ4v) is 2.54. The summed E-state index contributed by atoms with van der Waals surface area (Å²) in [6.07, 6.45) is 4.00. The number of ether oxygens (including phenoxy) is 1. The van der Waals surface area contributed by atoms with E-state index < -0.39 is 0 Å². The van der Waals surface area contributed by atoms with Gasteiger partial charge in [-0.1, -0.05) is 6.42 Å². The highest BCUT2D eigenvalue weighted by Gasteiger charge is 2.26. The van der Waals surface area contributed by atoms with Gasteiger partial charge in [0.05, 0.1) is 23.9 Å². The van der Waals surface area contributed by atoms with Gasteiger partial charge in [-0.05, 0) is 25.3 Å². The second-order valence-electron chi connectivity index (χ2n) is 3.76. The molecule has 4 heteroatoms. The van der Waals surface area contributed by atoms with E-state index in [9.17, 15) is 0 Å². The summed E-state index contributed by atoms with van der Waals surface area (Å²) in [5.74, 6) is 0.564. The third-order valence-corrected chi connectivity index (χ3v) is 3.46. The van der Waals surface area contributed by atoms with Gasteiger partial charge in [0, 0.05) is 5.38 Å². The Bertz CT molecular complexity index is 263. The van der Waals surface area contributed by atoms with Gasteiger partial charge < -0.3 is 10.5 Å². The molecular formula is C10H16N2OS. The van der Waals surface area contributed by atoms with Crippen LogP contribution in [0, 0.1) is 5.92 Å². The summed E-state index contributed by atoms with van der Waals surface area (Å²) in [5, 5.41) is 2.03. The lowest BCUT2D eigenvalue weighted by molar-refractivity contribution is 0.0168. The summed E-state index contributed by atoms with van der Waals surface area (Å²) >= 11 is 1.61. The molecule has 2 atom stereocenters. The molecule has 1 heterocycles. The molecular weight excluding hydrogens is 196 g/mol. The molecule has 0 bridgehead atoms. The number of thiazole rings is 1. The van der Waals surface area contributed by atoms with Gasteiger partial charge in [0.25, 0.3) is 0 Å². The number of aromatic nitrogens is 1. The van der Waals surface area contributed by atoms with Crippen molar-refractivity contribution in [2.75, 3.05) is 6.54 Å². The Labute approximate surface area is 88.3 Å². The van der Waals surface area contributed by atoms with Crippen LogP contribution in [0.1, 0.15) is 25.0 Å². The van der Waals surface area contributed by atoms with Crippen LogP contribution in [0.5, 0.6) is 0 Å². The van der Waals surface area contributed by atoms with Gasteiger partial charge in [0.15, 0.2) is 0 Å². The van der Waals surface area contributed by atoms with E-state index in [1.807, 2.05) is 10.9 Å². The van der Waals surface area contributed by atoms with E-state index in [-0.39, 0.29) is 0 Å². The second-order valence-corrected chi connectivity index (χ2v) is 4.47. The summed E-state index contributed by atoms with van der Waals surface area (Å²) in [4.78, 5) is 4.19. The zero-order valence-corrected chi connectivity index (χ0v) is 9.00. The predicted octanol–water partition coefficient (Wildman–Crippen LogP) is 1.79. The highest BCUT2D eigenvalue weighted by molar-refractivity contribution is 7.07. The molecule has 0 aliphatic heterocycles. The van der Waals surface area contributed by atoms with Gasteiger partial charge >= 0.3 is 0 Å². The topological polar surface area (TPSA) is 48.1 Å². The maximum absolute atomic E-state index is 5.82. The molecule has 1 aromatic rings. The Hall–Kier alpha value is -0.450. The van der Waals surface area contributed by atoms with Crippen LogP contribution >= 0.6 is 11.3 Å². The van der Waals surface area contributed by atoms with Gasteiger partial charge in [-0.25, -0.2) is 4.98 Å². The molecule has 2 N–H and O–H groups in total. The van der Waals surface area contributed by atoms with Crippen molar-refractivity contribution in [2.45, 2.75) is 32.0 Å². The number of hydrogen-bond acceptors (Lipinski definition) is 4. The molecule has 78 valence electrons. The Morgan fingerprint density at radius 3 is 3.21 bits per heavy atom. The lowest BCUT2D eigenvalue weighted by Crippen LogP contribution is -2.25. The van der Waals surface area contributed by atoms with Crippen molar-refractivity contribution in [3.8, 4) is 0 Å². The molecule has 1 aliphatic carbocycles. The molecule has 1 aliphatic rings. The SMILES string of the molecule is NCC1CCCC1OCc1cscn1. The third-order valence-electron chi connectivity index (χ3n) is 2.82. The number of hydrogen-bond donors (Lipinski definition) is 1. The normalized spacial score (nSPS) is 26.9. The first-order valence-corrected chi connectivity index (χ1v) is 6.03. The van der Waals surface area contributed by atoms with Crippen molar-refractivity contribution >= 4 is 11.3 Å². The molecule has 0 saturated heterocycles. The van der Waals surface area contributed by atoms with Gasteiger partial charge in [0.2, 0.25) is 0 Å². The molecule has 3 nitrogen and oxygen atoms in total. The molecule has 1 aromatic heterocycles. The van der Waals surface area contributed by atoms with Gasteiger partial charge in [-0.3, -0.25) is 0 Å². The summed E-state index contributed by atoms with van der Waals surface area (Å²) in [5.41, 5.74) is 8.56. The Balaban J connectivity index is 1.80. The summed E-state index contributed by atoms with van der Waals surface area (Å²) in [6, 6.07) is 0. The fraction of sp³-hybridized carbons (Fsp3) is 0.700. The lowest BCUT2D eigenvalue weighted by atomic mass is 10.1. The van der Waals surface area contributed by atoms with E-state index in [1.165, 1.54) is 12.8 Å². The fourth-order valence-electron chi connectivity index (χ4n) is 1.99. The Morgan fingerprint density at radius 2 is 2.50 bits per heavy atom. The average Bonchev–Trinajstić information content (AvgIpc) is 2.85. The molecule has 0 radical (unpaired) electrons. The van der Waals surface area contributed by atoms with Gasteiger partial charge in [-0.2, -0.15) is 0 Å². The number of nitrogens with zero attached hydrogens (tertiary/aromatic N) is 1. The van der Waals surface area contributed by atoms with Crippen molar-refractivity contribution in [3.05, 3.63) is 16.6 Å². The zero-order chi connectivity index (χ0) is 9.80. The van der Waals surface area contributed by atoms with Crippen molar-refractivity contribution < 1.29 is 4.74 Å². The van der Waals surface area contributed by atoms with Gasteiger partial charge in [0.1, 0.15) is 0 Å². The van der Waals surface area contributed by atoms with Crippen LogP contribution < -0.4 is 5.73 Å². The largest absolute Gasteiger partial charge is 0.372 e. The lowest BCUT2D eigenvalue weighted by Gasteiger charge is -2.17. The maximum Gasteiger partial charge on any atom is 0.0900 e. The van der Waals surface area contributed by atoms with Crippen LogP contribution in [-0.2, 0) is 11.3 Å². The highest BCUT2D eigenvalue weighted by Crippen LogP contribution is 2.27. The third kappa shape index (κ3) is 2.32. The van der Waals surface area contributed by atoms with Crippen LogP contribution in [0.15, 0.2) is 10.9 Å². The first kappa shape index (κ1) is 10.1. The predicted molar refractivity (Wildman–Crippen MR) is 57.1 cm³/mol. The molecule has 0 aromatic carbocycles. The number of nitrogens with two attached hydrogens (primary N) is 1. The smallest absolute Gasteiger partial charge is 0.0900 e. The zero-order valence-electron chi connectivity index (χ0n) is 8.19. The van der Waals surface area contributed by atoms with Crippen molar-refractivity contribution in [1.29, 1.82) is 0 Å². The van der Waals surface area contributed by atoms with Crippen LogP contribution in [0.25, 0.3) is 0 Å². The average molecular weight is 212 g/mol. The minimum absolute atomic E-state index is 0.363. The second kappa shape index (κ2) is 4.87. The van der Waals surface area contributed by atoms with Crippen molar-refractivity contribution in [3.63, 3.8) is 0 Å². The molecule has 2 unspecified atom stereocenters. The Kier molecular flexibility index (Phi) is 3.50. The van der Waals surface area contributed by atoms with Crippen molar-refractivity contribution in [1.82, 2.24) is 4.98 Å². The first-order valence-electron chi connectivity index (χ1n) is 5.09. The highest BCUT2D eigenvalue weighted by atomic mass is 32.1. The van der Waals surface area contributed by atoms with E-state index in [1.54, 1.807) is 11.3 Å². The van der Waals surface area contributed by atoms with E-state index in [2.05, 4.69) is 4.98 Å². The minimum atomic E-state index is 0.363. The standard InChI is InChI=1S/C10H16N2OS/c11-4-8-2-1-3-10(8)13-5-9-6-14-7-12-9/h6-8,10H,1-5,11H2. The van der Waals surface area contributed by atoms with E-state index in [0.29, 0.717) is 18.6 Å². The molecule has 2 rings (SSSR count). The van der Waals surface area contributed by atoms with Gasteiger partial charge in [-0.15, -0.1) is 11.3 Å². The molecule has 14 heavy (non-hydrogen) atoms. The summed E-state index contributed by atoms with van der Waals surface area (Å²) in [7, 11) is 0. The molecule has 0 amide bonds. The van der Waals surface area contributed by atoms with Crippen LogP contribution in [0.2, 0.25) is 0 Å². The van der Waals surface area contributed by atoms with Crippen LogP contribution in [0.4, 0.5) is 0 Å². The molecule has 1 fully saturated rings. The molecule has 1 saturated carbocycles. The van der Waals surface area contributed by atoms with E-state index in [4.69, 9.17) is 10.5 Å². The molecule has 0 spiro atoms.